The van der Waals surface area contributed by atoms with Gasteiger partial charge in [0, 0.05) is 19.6 Å². The van der Waals surface area contributed by atoms with Gasteiger partial charge in [-0.2, -0.15) is 0 Å². The summed E-state index contributed by atoms with van der Waals surface area (Å²) in [5.41, 5.74) is 12.5. The Morgan fingerprint density at radius 3 is 2.00 bits per heavy atom. The summed E-state index contributed by atoms with van der Waals surface area (Å²) in [5.74, 6) is -2.56. The third-order valence-electron chi connectivity index (χ3n) is 9.62. The molecule has 13 nitrogen and oxygen atoms in total. The molecule has 1 saturated heterocycles. The highest BCUT2D eigenvalue weighted by atomic mass is 16.4. The van der Waals surface area contributed by atoms with E-state index in [-0.39, 0.29) is 56.1 Å². The van der Waals surface area contributed by atoms with Gasteiger partial charge in [0.25, 0.3) is 0 Å². The standard InChI is InChI=1S/C39H59N7O6/c1-27(2)24-33(36(49)44-32(16-10-11-21-40)37(50)46-22-19-39(41,20-23-46)38(51)52)45-35(48)31(18-17-29-12-6-4-7-13-29)43-34(47)26-42-25-28(3)30-14-8-5-9-15-30/h4-9,12-15,27-28,31-33,42H,10-11,16-26,40-41H2,1-3H3,(H,43,47)(H,44,49)(H,45,48)(H,51,52)/t28-,31+,32+,33+/m0/s1. The Hall–Kier alpha value is -4.33. The molecule has 3 rings (SSSR count). The highest BCUT2D eigenvalue weighted by molar-refractivity contribution is 5.94. The number of amides is 4. The summed E-state index contributed by atoms with van der Waals surface area (Å²) >= 11 is 0. The molecular weight excluding hydrogens is 662 g/mol. The lowest BCUT2D eigenvalue weighted by atomic mass is 9.88. The minimum Gasteiger partial charge on any atom is -0.480 e. The molecule has 4 amide bonds. The molecule has 0 aromatic heterocycles. The molecule has 9 N–H and O–H groups in total. The molecule has 4 atom stereocenters. The van der Waals surface area contributed by atoms with E-state index in [4.69, 9.17) is 11.5 Å². The van der Waals surface area contributed by atoms with Crippen LogP contribution < -0.4 is 32.7 Å². The van der Waals surface area contributed by atoms with Crippen molar-refractivity contribution in [2.75, 3.05) is 32.7 Å². The molecule has 1 fully saturated rings. The number of aryl methyl sites for hydroxylation is 1. The van der Waals surface area contributed by atoms with Gasteiger partial charge in [-0.3, -0.25) is 24.0 Å². The van der Waals surface area contributed by atoms with Crippen LogP contribution in [0.5, 0.6) is 0 Å². The smallest absolute Gasteiger partial charge is 0.323 e. The molecule has 0 radical (unpaired) electrons. The first kappa shape index (κ1) is 42.1. The second-order valence-electron chi connectivity index (χ2n) is 14.4. The number of nitrogens with one attached hydrogen (secondary N) is 4. The SMILES string of the molecule is CC(C)C[C@@H](NC(=O)[C@@H](CCc1ccccc1)NC(=O)CNC[C@H](C)c1ccccc1)C(=O)N[C@H](CCCCN)C(=O)N1CCC(N)(C(=O)O)CC1. The lowest BCUT2D eigenvalue weighted by Crippen LogP contribution is -2.60. The number of carbonyl (C=O) groups is 5. The number of hydrogen-bond donors (Lipinski definition) is 7. The zero-order valence-electron chi connectivity index (χ0n) is 30.9. The van der Waals surface area contributed by atoms with Crippen LogP contribution in [0.4, 0.5) is 0 Å². The maximum absolute atomic E-state index is 13.9. The van der Waals surface area contributed by atoms with Gasteiger partial charge in [0.1, 0.15) is 23.7 Å². The van der Waals surface area contributed by atoms with Crippen LogP contribution in [0.1, 0.15) is 82.8 Å². The number of aliphatic carboxylic acids is 1. The lowest BCUT2D eigenvalue weighted by Gasteiger charge is -2.38. The quantitative estimate of drug-likeness (QED) is 0.0940. The third kappa shape index (κ3) is 13.7. The molecule has 13 heteroatoms. The van der Waals surface area contributed by atoms with Crippen molar-refractivity contribution in [3.8, 4) is 0 Å². The van der Waals surface area contributed by atoms with Crippen molar-refractivity contribution < 1.29 is 29.1 Å². The largest absolute Gasteiger partial charge is 0.480 e. The van der Waals surface area contributed by atoms with Crippen LogP contribution in [0.2, 0.25) is 0 Å². The van der Waals surface area contributed by atoms with Gasteiger partial charge in [-0.1, -0.05) is 81.4 Å². The van der Waals surface area contributed by atoms with Crippen LogP contribution in [0.25, 0.3) is 0 Å². The summed E-state index contributed by atoms with van der Waals surface area (Å²) < 4.78 is 0. The number of carboxylic acid groups (broad SMARTS) is 1. The van der Waals surface area contributed by atoms with Crippen LogP contribution >= 0.6 is 0 Å². The van der Waals surface area contributed by atoms with Crippen LogP contribution in [0.3, 0.4) is 0 Å². The van der Waals surface area contributed by atoms with Gasteiger partial charge in [0.05, 0.1) is 6.54 Å². The maximum Gasteiger partial charge on any atom is 0.323 e. The van der Waals surface area contributed by atoms with Gasteiger partial charge in [-0.15, -0.1) is 0 Å². The number of carboxylic acids is 1. The van der Waals surface area contributed by atoms with Crippen LogP contribution in [0.15, 0.2) is 60.7 Å². The highest BCUT2D eigenvalue weighted by Crippen LogP contribution is 2.21. The van der Waals surface area contributed by atoms with E-state index in [0.29, 0.717) is 51.6 Å². The summed E-state index contributed by atoms with van der Waals surface area (Å²) in [6.45, 7) is 7.26. The molecule has 1 aliphatic heterocycles. The minimum atomic E-state index is -1.40. The predicted molar refractivity (Wildman–Crippen MR) is 201 cm³/mol. The summed E-state index contributed by atoms with van der Waals surface area (Å²) in [6.07, 6.45) is 2.91. The van der Waals surface area contributed by atoms with E-state index in [1.54, 1.807) is 4.90 Å². The topological polar surface area (TPSA) is 209 Å². The Bertz CT molecular complexity index is 1430. The Labute approximate surface area is 308 Å². The molecule has 286 valence electrons. The summed E-state index contributed by atoms with van der Waals surface area (Å²) in [6, 6.07) is 16.9. The van der Waals surface area contributed by atoms with Gasteiger partial charge in [-0.25, -0.2) is 0 Å². The average Bonchev–Trinajstić information content (AvgIpc) is 3.13. The van der Waals surface area contributed by atoms with Crippen molar-refractivity contribution in [3.63, 3.8) is 0 Å². The molecule has 0 saturated carbocycles. The number of hydrogen-bond acceptors (Lipinski definition) is 8. The van der Waals surface area contributed by atoms with Gasteiger partial charge in [-0.05, 0) is 80.9 Å². The lowest BCUT2D eigenvalue weighted by molar-refractivity contribution is -0.148. The van der Waals surface area contributed by atoms with Crippen molar-refractivity contribution in [2.45, 2.75) is 102 Å². The molecule has 1 heterocycles. The van der Waals surface area contributed by atoms with Crippen molar-refractivity contribution in [2.24, 2.45) is 17.4 Å². The predicted octanol–water partition coefficient (Wildman–Crippen LogP) is 2.05. The number of carbonyl (C=O) groups excluding carboxylic acids is 4. The minimum absolute atomic E-state index is 0.0169. The van der Waals surface area contributed by atoms with E-state index in [2.05, 4.69) is 28.2 Å². The number of nitrogens with two attached hydrogens (primary N) is 2. The van der Waals surface area contributed by atoms with Crippen molar-refractivity contribution in [1.82, 2.24) is 26.2 Å². The van der Waals surface area contributed by atoms with E-state index in [1.165, 1.54) is 0 Å². The fourth-order valence-electron chi connectivity index (χ4n) is 6.33. The molecule has 0 bridgehead atoms. The first-order chi connectivity index (χ1) is 24.8. The van der Waals surface area contributed by atoms with Gasteiger partial charge < -0.3 is 42.7 Å². The zero-order chi connectivity index (χ0) is 38.1. The second-order valence-corrected chi connectivity index (χ2v) is 14.4. The normalized spacial score (nSPS) is 16.3. The number of piperidine rings is 1. The Morgan fingerprint density at radius 1 is 0.808 bits per heavy atom. The second kappa shape index (κ2) is 21.3. The van der Waals surface area contributed by atoms with E-state index in [1.807, 2.05) is 74.5 Å². The fraction of sp³-hybridized carbons (Fsp3) is 0.564. The molecular formula is C39H59N7O6. The first-order valence-electron chi connectivity index (χ1n) is 18.5. The van der Waals surface area contributed by atoms with E-state index in [0.717, 1.165) is 11.1 Å². The average molecular weight is 722 g/mol. The maximum atomic E-state index is 13.9. The van der Waals surface area contributed by atoms with Gasteiger partial charge in [0.2, 0.25) is 23.6 Å². The summed E-state index contributed by atoms with van der Waals surface area (Å²) in [5, 5.41) is 21.4. The summed E-state index contributed by atoms with van der Waals surface area (Å²) in [7, 11) is 0. The molecule has 0 aliphatic carbocycles. The number of unbranched alkanes of at least 4 members (excludes halogenated alkanes) is 1. The third-order valence-corrected chi connectivity index (χ3v) is 9.62. The van der Waals surface area contributed by atoms with Crippen molar-refractivity contribution >= 4 is 29.6 Å². The molecule has 2 aromatic carbocycles. The van der Waals surface area contributed by atoms with Crippen LogP contribution in [-0.4, -0.2) is 96.0 Å². The van der Waals surface area contributed by atoms with Gasteiger partial charge in [0.15, 0.2) is 0 Å². The highest BCUT2D eigenvalue weighted by Gasteiger charge is 2.40. The number of likely N-dealkylation sites (tertiary alicyclic amines) is 1. The van der Waals surface area contributed by atoms with E-state index < -0.39 is 41.4 Å². The molecule has 2 aromatic rings. The molecule has 52 heavy (non-hydrogen) atoms. The van der Waals surface area contributed by atoms with E-state index in [9.17, 15) is 29.1 Å². The summed E-state index contributed by atoms with van der Waals surface area (Å²) in [4.78, 5) is 67.8. The number of benzene rings is 2. The zero-order valence-corrected chi connectivity index (χ0v) is 30.9. The first-order valence-corrected chi connectivity index (χ1v) is 18.5. The van der Waals surface area contributed by atoms with Crippen molar-refractivity contribution in [3.05, 3.63) is 71.8 Å². The Morgan fingerprint density at radius 2 is 1.40 bits per heavy atom. The Kier molecular flexibility index (Phi) is 17.2. The fourth-order valence-corrected chi connectivity index (χ4v) is 6.33. The van der Waals surface area contributed by atoms with Crippen LogP contribution in [0, 0.1) is 5.92 Å². The molecule has 1 aliphatic rings. The number of nitrogens with zero attached hydrogens (tertiary/aromatic N) is 1. The molecule has 0 unspecified atom stereocenters. The van der Waals surface area contributed by atoms with E-state index >= 15 is 0 Å². The monoisotopic (exact) mass is 721 g/mol. The van der Waals surface area contributed by atoms with Crippen molar-refractivity contribution in [1.29, 1.82) is 0 Å². The van der Waals surface area contributed by atoms with Crippen LogP contribution in [-0.2, 0) is 30.4 Å². The molecule has 0 spiro atoms. The Balaban J connectivity index is 1.71. The van der Waals surface area contributed by atoms with Gasteiger partial charge >= 0.3 is 5.97 Å². The number of rotatable bonds is 21.